The van der Waals surface area contributed by atoms with Crippen molar-refractivity contribution in [2.45, 2.75) is 5.92 Å². The molecule has 0 aromatic carbocycles. The molecule has 0 radical (unpaired) electrons. The van der Waals surface area contributed by atoms with Gasteiger partial charge in [0.05, 0.1) is 5.92 Å². The van der Waals surface area contributed by atoms with Crippen LogP contribution in [-0.2, 0) is 4.79 Å². The number of rotatable bonds is 2. The van der Waals surface area contributed by atoms with E-state index in [0.717, 1.165) is 6.54 Å². The Bertz CT molecular complexity index is 323. The number of nitrogens with zero attached hydrogens (tertiary/aromatic N) is 1. The summed E-state index contributed by atoms with van der Waals surface area (Å²) in [4.78, 5) is 14.3. The Balaban J connectivity index is 2.21. The smallest absolute Gasteiger partial charge is 0.308 e. The summed E-state index contributed by atoms with van der Waals surface area (Å²) < 4.78 is 0. The first-order valence-corrected chi connectivity index (χ1v) is 5.51. The van der Waals surface area contributed by atoms with Crippen LogP contribution in [-0.4, -0.2) is 36.1 Å². The first kappa shape index (κ1) is 9.68. The van der Waals surface area contributed by atoms with Gasteiger partial charge in [0.1, 0.15) is 0 Å². The van der Waals surface area contributed by atoms with E-state index >= 15 is 0 Å². The van der Waals surface area contributed by atoms with Gasteiger partial charge in [-0.25, -0.2) is 0 Å². The molecule has 0 bridgehead atoms. The Morgan fingerprint density at radius 2 is 2.43 bits per heavy atom. The normalized spacial score (nSPS) is 28.1. The van der Waals surface area contributed by atoms with Crippen LogP contribution in [0.1, 0.15) is 10.8 Å². The molecule has 2 heterocycles. The van der Waals surface area contributed by atoms with Crippen LogP contribution < -0.4 is 0 Å². The fourth-order valence-corrected chi connectivity index (χ4v) is 2.93. The Hall–Kier alpha value is -0.870. The molecule has 76 valence electrons. The molecule has 1 aromatic rings. The minimum Gasteiger partial charge on any atom is -0.481 e. The van der Waals surface area contributed by atoms with E-state index in [0.29, 0.717) is 6.54 Å². The number of carbonyl (C=O) groups is 1. The lowest BCUT2D eigenvalue weighted by atomic mass is 9.95. The van der Waals surface area contributed by atoms with Gasteiger partial charge in [0.15, 0.2) is 0 Å². The van der Waals surface area contributed by atoms with Crippen LogP contribution >= 0.6 is 11.3 Å². The fraction of sp³-hybridized carbons (Fsp3) is 0.500. The number of aliphatic carboxylic acids is 1. The molecule has 0 saturated carbocycles. The minimum atomic E-state index is -0.673. The number of likely N-dealkylation sites (N-methyl/N-ethyl adjacent to an activating group) is 1. The second-order valence-corrected chi connectivity index (χ2v) is 4.77. The highest BCUT2D eigenvalue weighted by Crippen LogP contribution is 2.34. The van der Waals surface area contributed by atoms with Crippen molar-refractivity contribution >= 4 is 17.3 Å². The van der Waals surface area contributed by atoms with Gasteiger partial charge in [-0.2, -0.15) is 0 Å². The average Bonchev–Trinajstić information content (AvgIpc) is 2.70. The van der Waals surface area contributed by atoms with Gasteiger partial charge in [0.2, 0.25) is 0 Å². The van der Waals surface area contributed by atoms with Gasteiger partial charge < -0.3 is 10.0 Å². The third-order valence-corrected chi connectivity index (χ3v) is 3.73. The van der Waals surface area contributed by atoms with Crippen molar-refractivity contribution in [2.24, 2.45) is 5.92 Å². The van der Waals surface area contributed by atoms with Crippen LogP contribution in [0, 0.1) is 5.92 Å². The summed E-state index contributed by atoms with van der Waals surface area (Å²) in [6, 6.07) is 4.02. The van der Waals surface area contributed by atoms with Crippen LogP contribution in [0.4, 0.5) is 0 Å². The SMILES string of the molecule is CN1CC(C(=O)O)C(c2cccs2)C1. The summed E-state index contributed by atoms with van der Waals surface area (Å²) in [6.07, 6.45) is 0. The van der Waals surface area contributed by atoms with Crippen molar-refractivity contribution in [3.05, 3.63) is 22.4 Å². The largest absolute Gasteiger partial charge is 0.481 e. The number of carboxylic acid groups (broad SMARTS) is 1. The van der Waals surface area contributed by atoms with E-state index in [9.17, 15) is 4.79 Å². The fourth-order valence-electron chi connectivity index (χ4n) is 2.04. The van der Waals surface area contributed by atoms with Crippen molar-refractivity contribution in [1.82, 2.24) is 4.90 Å². The highest BCUT2D eigenvalue weighted by Gasteiger charge is 2.37. The molecule has 14 heavy (non-hydrogen) atoms. The van der Waals surface area contributed by atoms with E-state index in [1.54, 1.807) is 11.3 Å². The summed E-state index contributed by atoms with van der Waals surface area (Å²) in [5, 5.41) is 11.1. The Morgan fingerprint density at radius 1 is 1.64 bits per heavy atom. The maximum atomic E-state index is 11.0. The van der Waals surface area contributed by atoms with Crippen LogP contribution in [0.25, 0.3) is 0 Å². The Morgan fingerprint density at radius 3 is 3.00 bits per heavy atom. The zero-order valence-corrected chi connectivity index (χ0v) is 8.83. The highest BCUT2D eigenvalue weighted by atomic mass is 32.1. The zero-order valence-electron chi connectivity index (χ0n) is 8.01. The quantitative estimate of drug-likeness (QED) is 0.805. The Labute approximate surface area is 87.0 Å². The molecule has 0 amide bonds. The number of likely N-dealkylation sites (tertiary alicyclic amines) is 1. The maximum Gasteiger partial charge on any atom is 0.308 e. The van der Waals surface area contributed by atoms with Crippen LogP contribution in [0.2, 0.25) is 0 Å². The third kappa shape index (κ3) is 1.67. The summed E-state index contributed by atoms with van der Waals surface area (Å²) in [6.45, 7) is 1.52. The Kier molecular flexibility index (Phi) is 2.56. The molecular weight excluding hydrogens is 198 g/mol. The van der Waals surface area contributed by atoms with Gasteiger partial charge in [0, 0.05) is 23.9 Å². The second kappa shape index (κ2) is 3.71. The average molecular weight is 211 g/mol. The van der Waals surface area contributed by atoms with E-state index in [1.807, 2.05) is 24.6 Å². The first-order chi connectivity index (χ1) is 6.68. The first-order valence-electron chi connectivity index (χ1n) is 4.63. The van der Waals surface area contributed by atoms with Crippen LogP contribution in [0.15, 0.2) is 17.5 Å². The lowest BCUT2D eigenvalue weighted by molar-refractivity contribution is -0.141. The summed E-state index contributed by atoms with van der Waals surface area (Å²) in [5.74, 6) is -0.733. The van der Waals surface area contributed by atoms with Crippen molar-refractivity contribution in [1.29, 1.82) is 0 Å². The van der Waals surface area contributed by atoms with Gasteiger partial charge in [-0.1, -0.05) is 6.07 Å². The molecule has 4 heteroatoms. The van der Waals surface area contributed by atoms with E-state index in [2.05, 4.69) is 4.90 Å². The van der Waals surface area contributed by atoms with E-state index in [-0.39, 0.29) is 11.8 Å². The van der Waals surface area contributed by atoms with Crippen molar-refractivity contribution in [3.63, 3.8) is 0 Å². The van der Waals surface area contributed by atoms with Gasteiger partial charge in [-0.05, 0) is 18.5 Å². The summed E-state index contributed by atoms with van der Waals surface area (Å²) in [5.41, 5.74) is 0. The van der Waals surface area contributed by atoms with Crippen molar-refractivity contribution < 1.29 is 9.90 Å². The molecule has 1 aromatic heterocycles. The van der Waals surface area contributed by atoms with Gasteiger partial charge in [0.25, 0.3) is 0 Å². The summed E-state index contributed by atoms with van der Waals surface area (Å²) >= 11 is 1.65. The number of thiophene rings is 1. The molecular formula is C10H13NO2S. The van der Waals surface area contributed by atoms with Gasteiger partial charge >= 0.3 is 5.97 Å². The monoisotopic (exact) mass is 211 g/mol. The molecule has 0 spiro atoms. The topological polar surface area (TPSA) is 40.5 Å². The number of hydrogen-bond donors (Lipinski definition) is 1. The molecule has 1 aliphatic rings. The van der Waals surface area contributed by atoms with Crippen LogP contribution in [0.3, 0.4) is 0 Å². The molecule has 1 aliphatic heterocycles. The van der Waals surface area contributed by atoms with Gasteiger partial charge in [-0.3, -0.25) is 4.79 Å². The third-order valence-electron chi connectivity index (χ3n) is 2.73. The molecule has 1 N–H and O–H groups in total. The highest BCUT2D eigenvalue weighted by molar-refractivity contribution is 7.10. The number of carboxylic acids is 1. The van der Waals surface area contributed by atoms with E-state index < -0.39 is 5.97 Å². The van der Waals surface area contributed by atoms with Crippen LogP contribution in [0.5, 0.6) is 0 Å². The van der Waals surface area contributed by atoms with E-state index in [1.165, 1.54) is 4.88 Å². The molecule has 0 aliphatic carbocycles. The lowest BCUT2D eigenvalue weighted by Crippen LogP contribution is -2.21. The zero-order chi connectivity index (χ0) is 10.1. The molecule has 2 atom stereocenters. The standard InChI is InChI=1S/C10H13NO2S/c1-11-5-7(8(6-11)10(12)13)9-3-2-4-14-9/h2-4,7-8H,5-6H2,1H3,(H,12,13). The van der Waals surface area contributed by atoms with E-state index in [4.69, 9.17) is 5.11 Å². The predicted molar refractivity (Wildman–Crippen MR) is 55.7 cm³/mol. The number of hydrogen-bond acceptors (Lipinski definition) is 3. The predicted octanol–water partition coefficient (Wildman–Crippen LogP) is 1.48. The minimum absolute atomic E-state index is 0.178. The van der Waals surface area contributed by atoms with Crippen molar-refractivity contribution in [3.8, 4) is 0 Å². The summed E-state index contributed by atoms with van der Waals surface area (Å²) in [7, 11) is 1.98. The van der Waals surface area contributed by atoms with Gasteiger partial charge in [-0.15, -0.1) is 11.3 Å². The molecule has 2 unspecified atom stereocenters. The molecule has 1 fully saturated rings. The molecule has 3 nitrogen and oxygen atoms in total. The molecule has 2 rings (SSSR count). The lowest BCUT2D eigenvalue weighted by Gasteiger charge is -2.11. The van der Waals surface area contributed by atoms with Crippen molar-refractivity contribution in [2.75, 3.05) is 20.1 Å². The molecule has 1 saturated heterocycles. The second-order valence-electron chi connectivity index (χ2n) is 3.79. The maximum absolute atomic E-state index is 11.0.